The molecule has 1 amide bonds. The molecule has 2 aromatic rings. The number of fused-ring (bicyclic) bond motifs is 3. The largest absolute Gasteiger partial charge is 0.377 e. The van der Waals surface area contributed by atoms with Crippen LogP contribution in [0.2, 0.25) is 5.02 Å². The van der Waals surface area contributed by atoms with Crippen molar-refractivity contribution in [3.8, 4) is 0 Å². The molecule has 2 N–H and O–H groups in total. The van der Waals surface area contributed by atoms with Gasteiger partial charge in [0.25, 0.3) is 5.91 Å². The van der Waals surface area contributed by atoms with Crippen molar-refractivity contribution < 1.29 is 4.79 Å². The summed E-state index contributed by atoms with van der Waals surface area (Å²) < 4.78 is 0. The van der Waals surface area contributed by atoms with Crippen molar-refractivity contribution in [1.29, 1.82) is 0 Å². The Hall–Kier alpha value is -2.26. The molecule has 1 aliphatic carbocycles. The molecule has 0 spiro atoms. The number of hydrogen-bond donors (Lipinski definition) is 2. The molecule has 3 nitrogen and oxygen atoms in total. The first-order valence-corrected chi connectivity index (χ1v) is 9.55. The van der Waals surface area contributed by atoms with Crippen LogP contribution in [0.3, 0.4) is 0 Å². The lowest BCUT2D eigenvalue weighted by Crippen LogP contribution is -2.34. The highest BCUT2D eigenvalue weighted by molar-refractivity contribution is 6.31. The number of para-hydroxylation sites is 1. The van der Waals surface area contributed by atoms with Gasteiger partial charge in [-0.1, -0.05) is 54.1 Å². The van der Waals surface area contributed by atoms with Gasteiger partial charge in [-0.25, -0.2) is 0 Å². The van der Waals surface area contributed by atoms with Crippen molar-refractivity contribution in [1.82, 2.24) is 5.32 Å². The van der Waals surface area contributed by atoms with E-state index in [1.165, 1.54) is 5.56 Å². The van der Waals surface area contributed by atoms with Crippen LogP contribution in [0.4, 0.5) is 5.69 Å². The van der Waals surface area contributed by atoms with E-state index in [1.807, 2.05) is 44.2 Å². The second kappa shape index (κ2) is 6.81. The maximum Gasteiger partial charge on any atom is 0.253 e. The summed E-state index contributed by atoms with van der Waals surface area (Å²) in [6, 6.07) is 14.2. The number of carbonyl (C=O) groups excluding carboxylic acids is 1. The third kappa shape index (κ3) is 2.90. The van der Waals surface area contributed by atoms with Gasteiger partial charge in [0.1, 0.15) is 0 Å². The number of amides is 1. The lowest BCUT2D eigenvalue weighted by Gasteiger charge is -2.38. The fourth-order valence-corrected chi connectivity index (χ4v) is 4.44. The van der Waals surface area contributed by atoms with Crippen LogP contribution >= 0.6 is 11.6 Å². The summed E-state index contributed by atoms with van der Waals surface area (Å²) in [5.41, 5.74) is 3.93. The SMILES string of the molecule is CC(C)NC(=O)c1cccc2c1NC(c1ccccc1Cl)C1CC=CC21. The zero-order valence-electron chi connectivity index (χ0n) is 15.0. The molecular formula is C22H23ClN2O. The number of anilines is 1. The van der Waals surface area contributed by atoms with E-state index in [0.29, 0.717) is 17.4 Å². The first-order chi connectivity index (χ1) is 12.6. The minimum atomic E-state index is -0.0392. The second-order valence-corrected chi connectivity index (χ2v) is 7.80. The zero-order chi connectivity index (χ0) is 18.3. The summed E-state index contributed by atoms with van der Waals surface area (Å²) >= 11 is 6.51. The van der Waals surface area contributed by atoms with Crippen LogP contribution in [0.25, 0.3) is 0 Å². The predicted molar refractivity (Wildman–Crippen MR) is 107 cm³/mol. The van der Waals surface area contributed by atoms with Gasteiger partial charge in [-0.2, -0.15) is 0 Å². The Balaban J connectivity index is 1.80. The summed E-state index contributed by atoms with van der Waals surface area (Å²) in [6.07, 6.45) is 5.53. The lowest BCUT2D eigenvalue weighted by molar-refractivity contribution is 0.0943. The van der Waals surface area contributed by atoms with Crippen molar-refractivity contribution in [2.24, 2.45) is 5.92 Å². The molecule has 26 heavy (non-hydrogen) atoms. The van der Waals surface area contributed by atoms with E-state index in [-0.39, 0.29) is 18.0 Å². The van der Waals surface area contributed by atoms with Crippen LogP contribution in [0.1, 0.15) is 53.7 Å². The fraction of sp³-hybridized carbons (Fsp3) is 0.318. The van der Waals surface area contributed by atoms with Gasteiger partial charge in [-0.3, -0.25) is 4.79 Å². The van der Waals surface area contributed by atoms with Crippen molar-refractivity contribution in [2.75, 3.05) is 5.32 Å². The second-order valence-electron chi connectivity index (χ2n) is 7.39. The molecule has 0 bridgehead atoms. The molecule has 2 aromatic carbocycles. The summed E-state index contributed by atoms with van der Waals surface area (Å²) in [5, 5.41) is 7.44. The van der Waals surface area contributed by atoms with Crippen LogP contribution in [0.15, 0.2) is 54.6 Å². The number of nitrogens with one attached hydrogen (secondary N) is 2. The predicted octanol–water partition coefficient (Wildman–Crippen LogP) is 5.30. The highest BCUT2D eigenvalue weighted by atomic mass is 35.5. The molecule has 0 fully saturated rings. The van der Waals surface area contributed by atoms with Crippen molar-refractivity contribution in [2.45, 2.75) is 38.3 Å². The first-order valence-electron chi connectivity index (χ1n) is 9.17. The van der Waals surface area contributed by atoms with E-state index in [2.05, 4.69) is 34.9 Å². The first kappa shape index (κ1) is 17.2. The van der Waals surface area contributed by atoms with Crippen molar-refractivity contribution in [3.63, 3.8) is 0 Å². The average molecular weight is 367 g/mol. The van der Waals surface area contributed by atoms with Gasteiger partial charge in [0.05, 0.1) is 17.3 Å². The molecule has 0 saturated carbocycles. The van der Waals surface area contributed by atoms with Crippen LogP contribution in [0.5, 0.6) is 0 Å². The van der Waals surface area contributed by atoms with Gasteiger partial charge in [0, 0.05) is 17.0 Å². The number of carbonyl (C=O) groups is 1. The van der Waals surface area contributed by atoms with E-state index in [1.54, 1.807) is 0 Å². The smallest absolute Gasteiger partial charge is 0.253 e. The number of rotatable bonds is 3. The van der Waals surface area contributed by atoms with Gasteiger partial charge in [0.15, 0.2) is 0 Å². The summed E-state index contributed by atoms with van der Waals surface area (Å²) in [5.74, 6) is 0.674. The van der Waals surface area contributed by atoms with Gasteiger partial charge >= 0.3 is 0 Å². The number of allylic oxidation sites excluding steroid dienone is 2. The third-order valence-corrected chi connectivity index (χ3v) is 5.65. The highest BCUT2D eigenvalue weighted by Crippen LogP contribution is 2.51. The molecule has 3 atom stereocenters. The maximum atomic E-state index is 12.7. The highest BCUT2D eigenvalue weighted by Gasteiger charge is 2.39. The van der Waals surface area contributed by atoms with E-state index < -0.39 is 0 Å². The third-order valence-electron chi connectivity index (χ3n) is 5.30. The van der Waals surface area contributed by atoms with E-state index in [9.17, 15) is 4.79 Å². The number of halogens is 1. The standard InChI is InChI=1S/C22H23ClN2O/c1-13(2)24-22(26)18-11-6-10-16-14-8-5-9-15(14)20(25-21(16)18)17-7-3-4-12-19(17)23/h3-8,10-15,20,25H,9H2,1-2H3,(H,24,26). The topological polar surface area (TPSA) is 41.1 Å². The van der Waals surface area contributed by atoms with Gasteiger partial charge in [-0.05, 0) is 49.4 Å². The van der Waals surface area contributed by atoms with Crippen LogP contribution in [-0.2, 0) is 0 Å². The Labute approximate surface area is 159 Å². The minimum absolute atomic E-state index is 0.0392. The monoisotopic (exact) mass is 366 g/mol. The van der Waals surface area contributed by atoms with Crippen molar-refractivity contribution in [3.05, 3.63) is 76.3 Å². The molecule has 4 heteroatoms. The molecule has 134 valence electrons. The Kier molecular flexibility index (Phi) is 4.49. The molecule has 0 radical (unpaired) electrons. The summed E-state index contributed by atoms with van der Waals surface area (Å²) in [4.78, 5) is 12.7. The maximum absolute atomic E-state index is 12.7. The average Bonchev–Trinajstić information content (AvgIpc) is 3.10. The van der Waals surface area contributed by atoms with E-state index >= 15 is 0 Å². The van der Waals surface area contributed by atoms with Gasteiger partial charge in [0.2, 0.25) is 0 Å². The molecule has 3 unspecified atom stereocenters. The number of benzene rings is 2. The molecule has 2 aliphatic rings. The minimum Gasteiger partial charge on any atom is -0.377 e. The Morgan fingerprint density at radius 2 is 1.92 bits per heavy atom. The molecule has 1 aliphatic heterocycles. The van der Waals surface area contributed by atoms with Crippen LogP contribution in [0, 0.1) is 5.92 Å². The molecule has 4 rings (SSSR count). The number of hydrogen-bond acceptors (Lipinski definition) is 2. The Bertz CT molecular complexity index is 874. The fourth-order valence-electron chi connectivity index (χ4n) is 4.19. The molecule has 1 heterocycles. The quantitative estimate of drug-likeness (QED) is 0.723. The molecule has 0 aromatic heterocycles. The lowest BCUT2D eigenvalue weighted by atomic mass is 9.76. The van der Waals surface area contributed by atoms with Gasteiger partial charge < -0.3 is 10.6 Å². The van der Waals surface area contributed by atoms with Crippen LogP contribution < -0.4 is 10.6 Å². The van der Waals surface area contributed by atoms with E-state index in [0.717, 1.165) is 22.7 Å². The molecular weight excluding hydrogens is 344 g/mol. The van der Waals surface area contributed by atoms with Gasteiger partial charge in [-0.15, -0.1) is 0 Å². The molecule has 0 saturated heterocycles. The van der Waals surface area contributed by atoms with E-state index in [4.69, 9.17) is 11.6 Å². The zero-order valence-corrected chi connectivity index (χ0v) is 15.8. The Morgan fingerprint density at radius 3 is 2.69 bits per heavy atom. The van der Waals surface area contributed by atoms with Crippen LogP contribution in [-0.4, -0.2) is 11.9 Å². The summed E-state index contributed by atoms with van der Waals surface area (Å²) in [6.45, 7) is 3.95. The Morgan fingerprint density at radius 1 is 1.15 bits per heavy atom. The summed E-state index contributed by atoms with van der Waals surface area (Å²) in [7, 11) is 0. The van der Waals surface area contributed by atoms with Crippen molar-refractivity contribution >= 4 is 23.2 Å². The normalized spacial score (nSPS) is 23.3.